The third kappa shape index (κ3) is 3.36. The van der Waals surface area contributed by atoms with Crippen LogP contribution in [-0.4, -0.2) is 63.8 Å². The van der Waals surface area contributed by atoms with Crippen LogP contribution in [0.3, 0.4) is 0 Å². The van der Waals surface area contributed by atoms with Crippen LogP contribution in [-0.2, 0) is 9.47 Å². The van der Waals surface area contributed by atoms with Crippen molar-refractivity contribution in [2.45, 2.75) is 102 Å². The average Bonchev–Trinajstić information content (AvgIpc) is 3.12. The molecule has 0 amide bonds. The van der Waals surface area contributed by atoms with Crippen molar-refractivity contribution in [3.05, 3.63) is 12.7 Å². The summed E-state index contributed by atoms with van der Waals surface area (Å²) in [6.45, 7) is 8.97. The number of aliphatic hydroxyl groups excluding tert-OH is 4. The van der Waals surface area contributed by atoms with Crippen molar-refractivity contribution < 1.29 is 29.9 Å². The Kier molecular flexibility index (Phi) is 6.04. The van der Waals surface area contributed by atoms with Crippen LogP contribution < -0.4 is 0 Å². The van der Waals surface area contributed by atoms with Gasteiger partial charge in [0.2, 0.25) is 0 Å². The standard InChI is InChI=1S/C26H42O6/c1-4-14-5-7-16-15-6-8-18-23(32-24-22(30)21(29)20(28)13-31-24)19(27)10-12-26(18,3)17(15)9-11-25(14,16)2/h4,14-24,27-30H,1,5-13H2,2-3H3. The Morgan fingerprint density at radius 3 is 2.25 bits per heavy atom. The number of allylic oxidation sites excluding steroid dienone is 1. The number of ether oxygens (including phenoxy) is 2. The van der Waals surface area contributed by atoms with E-state index in [0.717, 1.165) is 31.1 Å². The molecule has 13 atom stereocenters. The fraction of sp³-hybridized carbons (Fsp3) is 0.923. The lowest BCUT2D eigenvalue weighted by Crippen LogP contribution is -2.61. The Morgan fingerprint density at radius 2 is 1.50 bits per heavy atom. The highest BCUT2D eigenvalue weighted by Gasteiger charge is 2.62. The monoisotopic (exact) mass is 450 g/mol. The molecule has 0 spiro atoms. The van der Waals surface area contributed by atoms with Crippen LogP contribution in [0.4, 0.5) is 0 Å². The average molecular weight is 451 g/mol. The second kappa shape index (κ2) is 8.31. The zero-order valence-corrected chi connectivity index (χ0v) is 19.6. The van der Waals surface area contributed by atoms with Crippen LogP contribution in [0.15, 0.2) is 12.7 Å². The lowest BCUT2D eigenvalue weighted by atomic mass is 9.44. The van der Waals surface area contributed by atoms with Crippen molar-refractivity contribution in [1.82, 2.24) is 0 Å². The Bertz CT molecular complexity index is 714. The molecule has 5 fully saturated rings. The lowest BCUT2D eigenvalue weighted by molar-refractivity contribution is -0.310. The van der Waals surface area contributed by atoms with E-state index in [4.69, 9.17) is 9.47 Å². The molecule has 1 aliphatic heterocycles. The van der Waals surface area contributed by atoms with E-state index >= 15 is 0 Å². The van der Waals surface area contributed by atoms with Crippen LogP contribution in [0.1, 0.15) is 65.2 Å². The van der Waals surface area contributed by atoms with Crippen LogP contribution in [0.2, 0.25) is 0 Å². The molecule has 4 aliphatic carbocycles. The predicted molar refractivity (Wildman–Crippen MR) is 119 cm³/mol. The smallest absolute Gasteiger partial charge is 0.186 e. The van der Waals surface area contributed by atoms with Crippen LogP contribution in [0.5, 0.6) is 0 Å². The predicted octanol–water partition coefficient (Wildman–Crippen LogP) is 2.63. The second-order valence-corrected chi connectivity index (χ2v) is 12.0. The van der Waals surface area contributed by atoms with Gasteiger partial charge in [0, 0.05) is 0 Å². The summed E-state index contributed by atoms with van der Waals surface area (Å²) in [4.78, 5) is 0. The fourth-order valence-corrected chi connectivity index (χ4v) is 8.95. The molecule has 6 heteroatoms. The summed E-state index contributed by atoms with van der Waals surface area (Å²) in [5.74, 6) is 2.95. The topological polar surface area (TPSA) is 99.4 Å². The van der Waals surface area contributed by atoms with Gasteiger partial charge in [-0.2, -0.15) is 0 Å². The first-order valence-electron chi connectivity index (χ1n) is 12.8. The van der Waals surface area contributed by atoms with Crippen molar-refractivity contribution in [3.8, 4) is 0 Å². The van der Waals surface area contributed by atoms with Gasteiger partial charge in [0.25, 0.3) is 0 Å². The first kappa shape index (κ1) is 23.3. The number of rotatable bonds is 3. The zero-order valence-electron chi connectivity index (χ0n) is 19.6. The first-order valence-corrected chi connectivity index (χ1v) is 12.8. The van der Waals surface area contributed by atoms with E-state index in [-0.39, 0.29) is 17.9 Å². The van der Waals surface area contributed by atoms with Crippen molar-refractivity contribution in [3.63, 3.8) is 0 Å². The van der Waals surface area contributed by atoms with E-state index in [1.54, 1.807) is 0 Å². The highest BCUT2D eigenvalue weighted by molar-refractivity contribution is 5.12. The molecule has 5 rings (SSSR count). The molecule has 13 unspecified atom stereocenters. The van der Waals surface area contributed by atoms with Crippen LogP contribution in [0, 0.1) is 40.4 Å². The molecule has 0 aromatic heterocycles. The Morgan fingerprint density at radius 1 is 0.812 bits per heavy atom. The molecule has 0 aromatic carbocycles. The van der Waals surface area contributed by atoms with E-state index in [9.17, 15) is 20.4 Å². The molecule has 6 nitrogen and oxygen atoms in total. The van der Waals surface area contributed by atoms with Crippen LogP contribution in [0.25, 0.3) is 0 Å². The highest BCUT2D eigenvalue weighted by atomic mass is 16.7. The third-order valence-corrected chi connectivity index (χ3v) is 10.8. The molecule has 32 heavy (non-hydrogen) atoms. The van der Waals surface area contributed by atoms with Crippen LogP contribution >= 0.6 is 0 Å². The molecular formula is C26H42O6. The van der Waals surface area contributed by atoms with Gasteiger partial charge in [-0.3, -0.25) is 0 Å². The van der Waals surface area contributed by atoms with E-state index in [0.29, 0.717) is 23.7 Å². The van der Waals surface area contributed by atoms with Gasteiger partial charge in [-0.1, -0.05) is 19.9 Å². The molecule has 4 saturated carbocycles. The molecule has 0 radical (unpaired) electrons. The lowest BCUT2D eigenvalue weighted by Gasteiger charge is -2.62. The van der Waals surface area contributed by atoms with E-state index < -0.39 is 36.8 Å². The minimum atomic E-state index is -1.32. The number of hydrogen-bond donors (Lipinski definition) is 4. The van der Waals surface area contributed by atoms with Gasteiger partial charge in [0.05, 0.1) is 18.8 Å². The Labute approximate surface area is 192 Å². The van der Waals surface area contributed by atoms with E-state index in [1.807, 2.05) is 0 Å². The van der Waals surface area contributed by atoms with Crippen molar-refractivity contribution in [1.29, 1.82) is 0 Å². The summed E-state index contributed by atoms with van der Waals surface area (Å²) in [6, 6.07) is 0. The van der Waals surface area contributed by atoms with Gasteiger partial charge in [-0.15, -0.1) is 6.58 Å². The van der Waals surface area contributed by atoms with Gasteiger partial charge in [-0.05, 0) is 91.8 Å². The largest absolute Gasteiger partial charge is 0.390 e. The van der Waals surface area contributed by atoms with Gasteiger partial charge in [-0.25, -0.2) is 0 Å². The van der Waals surface area contributed by atoms with E-state index in [1.165, 1.54) is 25.7 Å². The van der Waals surface area contributed by atoms with Gasteiger partial charge in [0.1, 0.15) is 18.3 Å². The summed E-state index contributed by atoms with van der Waals surface area (Å²) >= 11 is 0. The fourth-order valence-electron chi connectivity index (χ4n) is 8.95. The SMILES string of the molecule is C=CC1CCC2C3CCC4C(OC5OCC(O)C(O)C5O)C(O)CCC4(C)C3CCC12C. The molecule has 1 saturated heterocycles. The van der Waals surface area contributed by atoms with Crippen molar-refractivity contribution in [2.75, 3.05) is 6.61 Å². The van der Waals surface area contributed by atoms with Gasteiger partial charge in [0.15, 0.2) is 6.29 Å². The van der Waals surface area contributed by atoms with Gasteiger partial charge < -0.3 is 29.9 Å². The van der Waals surface area contributed by atoms with Crippen molar-refractivity contribution in [2.24, 2.45) is 40.4 Å². The minimum absolute atomic E-state index is 0.0803. The highest BCUT2D eigenvalue weighted by Crippen LogP contribution is 2.67. The number of aliphatic hydroxyl groups is 4. The second-order valence-electron chi connectivity index (χ2n) is 12.0. The maximum Gasteiger partial charge on any atom is 0.186 e. The quantitative estimate of drug-likeness (QED) is 0.494. The minimum Gasteiger partial charge on any atom is -0.390 e. The third-order valence-electron chi connectivity index (χ3n) is 10.8. The number of hydrogen-bond acceptors (Lipinski definition) is 6. The summed E-state index contributed by atoms with van der Waals surface area (Å²) in [5, 5.41) is 41.2. The maximum absolute atomic E-state index is 10.9. The zero-order chi connectivity index (χ0) is 22.8. The molecule has 182 valence electrons. The summed E-state index contributed by atoms with van der Waals surface area (Å²) in [6.07, 6.45) is 5.34. The summed E-state index contributed by atoms with van der Waals surface area (Å²) in [5.41, 5.74) is 0.478. The molecule has 4 N–H and O–H groups in total. The van der Waals surface area contributed by atoms with E-state index in [2.05, 4.69) is 26.5 Å². The van der Waals surface area contributed by atoms with Gasteiger partial charge >= 0.3 is 0 Å². The Hall–Kier alpha value is -0.500. The maximum atomic E-state index is 10.9. The van der Waals surface area contributed by atoms with Crippen molar-refractivity contribution >= 4 is 0 Å². The number of fused-ring (bicyclic) bond motifs is 5. The normalized spacial score (nSPS) is 57.9. The molecule has 0 aromatic rings. The summed E-state index contributed by atoms with van der Waals surface area (Å²) < 4.78 is 11.8. The first-order chi connectivity index (χ1) is 15.2. The molecule has 0 bridgehead atoms. The molecule has 5 aliphatic rings. The molecule has 1 heterocycles. The summed E-state index contributed by atoms with van der Waals surface area (Å²) in [7, 11) is 0. The Balaban J connectivity index is 1.36. The molecular weight excluding hydrogens is 408 g/mol.